The van der Waals surface area contributed by atoms with Crippen LogP contribution in [0.2, 0.25) is 0 Å². The molecule has 4 amide bonds. The zero-order valence-corrected chi connectivity index (χ0v) is 89.6. The van der Waals surface area contributed by atoms with E-state index in [0.29, 0.717) is 141 Å². The van der Waals surface area contributed by atoms with Crippen molar-refractivity contribution in [3.63, 3.8) is 0 Å². The molecule has 788 valence electrons. The van der Waals surface area contributed by atoms with Crippen molar-refractivity contribution in [3.8, 4) is 23.0 Å². The number of benzene rings is 2. The summed E-state index contributed by atoms with van der Waals surface area (Å²) >= 11 is 0. The Balaban J connectivity index is 0.000000990. The first-order chi connectivity index (χ1) is 65.8. The van der Waals surface area contributed by atoms with Gasteiger partial charge < -0.3 is 93.2 Å². The molecule has 9 atom stereocenters. The molecule has 4 rings (SSSR count). The summed E-state index contributed by atoms with van der Waals surface area (Å²) in [5, 5.41) is 22.2. The highest BCUT2D eigenvalue weighted by molar-refractivity contribution is 5.88. The van der Waals surface area contributed by atoms with Crippen LogP contribution in [0.3, 0.4) is 0 Å². The van der Waals surface area contributed by atoms with E-state index in [2.05, 4.69) is 145 Å². The number of nitrogens with one attached hydrogen (secondary N) is 4. The van der Waals surface area contributed by atoms with E-state index in [1.54, 1.807) is 40.5 Å². The van der Waals surface area contributed by atoms with Crippen LogP contribution >= 0.6 is 0 Å². The second-order valence-electron chi connectivity index (χ2n) is 41.3. The molecule has 0 saturated heterocycles. The maximum atomic E-state index is 13.3. The number of carbonyl (C=O) groups excluding carboxylic acids is 10. The molecule has 0 spiro atoms. The van der Waals surface area contributed by atoms with Crippen LogP contribution in [0.4, 0.5) is 23.5 Å². The van der Waals surface area contributed by atoms with Crippen molar-refractivity contribution in [1.29, 1.82) is 0 Å². The zero-order chi connectivity index (χ0) is 105. The van der Waals surface area contributed by atoms with Crippen molar-refractivity contribution in [1.82, 2.24) is 41.2 Å². The van der Waals surface area contributed by atoms with E-state index in [9.17, 15) is 57.8 Å². The van der Waals surface area contributed by atoms with Crippen molar-refractivity contribution >= 4 is 88.3 Å². The van der Waals surface area contributed by atoms with Crippen molar-refractivity contribution in [2.24, 2.45) is 76.7 Å². The van der Waals surface area contributed by atoms with Gasteiger partial charge in [-0.2, -0.15) is 9.97 Å². The Morgan fingerprint density at radius 2 is 0.748 bits per heavy atom. The molecule has 4 aromatic rings. The van der Waals surface area contributed by atoms with Crippen LogP contribution in [0.25, 0.3) is 0 Å². The number of rotatable bonds is 72. The number of ether oxygens (including phenoxy) is 4. The predicted molar refractivity (Wildman–Crippen MR) is 561 cm³/mol. The fourth-order valence-corrected chi connectivity index (χ4v) is 17.5. The molecule has 29 heteroatoms. The number of anilines is 4. The van der Waals surface area contributed by atoms with Crippen molar-refractivity contribution < 1.29 is 76.8 Å². The minimum atomic E-state index is -0.743. The van der Waals surface area contributed by atoms with Crippen LogP contribution in [0.1, 0.15) is 389 Å². The van der Waals surface area contributed by atoms with E-state index in [4.69, 9.17) is 47.6 Å². The molecular weight excluding hydrogens is 1760 g/mol. The third-order valence-corrected chi connectivity index (χ3v) is 24.6. The predicted octanol–water partition coefficient (Wildman–Crippen LogP) is 20.3. The molecule has 0 unspecified atom stereocenters. The number of methoxy groups -OCH3 is 2. The van der Waals surface area contributed by atoms with Crippen LogP contribution in [-0.2, 0) is 65.6 Å². The SMILES string of the molecule is CCCC[C@@H](C=O)CC[C@H](CC(C)C)NC(=O)[C@@H](CC(C)=O)CC(C)C.CCCC[C@H](CC[C@H](CC(C)C)NC(=O)[C@@H](CC(C)=O)CC(C)C)C(=O)NCCCCCCCC(=O)COc1c(C)cc(Cc2cnc(N)nc2N)cc1OC.CCCC[C@H](CC[C@H](CC(C)C)NC(=O)[C@@H](CC(C)=O)CC(C)C)C(=O)O.COc1cc(Cc2cnc(N)nc2N)cc(C)c1OCC(=O)CCCCCCCN. The highest BCUT2D eigenvalue weighted by Gasteiger charge is 2.31. The summed E-state index contributed by atoms with van der Waals surface area (Å²) in [6.07, 6.45) is 34.4. The summed E-state index contributed by atoms with van der Waals surface area (Å²) in [5.41, 5.74) is 33.8. The van der Waals surface area contributed by atoms with Crippen molar-refractivity contribution in [3.05, 3.63) is 70.0 Å². The number of aldehydes is 1. The number of carboxylic acid groups (broad SMARTS) is 1. The molecule has 0 aliphatic heterocycles. The lowest BCUT2D eigenvalue weighted by Gasteiger charge is -2.26. The maximum Gasteiger partial charge on any atom is 0.306 e. The third-order valence-electron chi connectivity index (χ3n) is 24.6. The number of hydrogen-bond acceptors (Lipinski definition) is 24. The minimum Gasteiger partial charge on any atom is -0.493 e. The number of aliphatic carboxylic acids is 1. The van der Waals surface area contributed by atoms with Crippen LogP contribution in [0.15, 0.2) is 36.7 Å². The number of nitrogen functional groups attached to an aromatic ring is 4. The molecule has 0 radical (unpaired) electrons. The van der Waals surface area contributed by atoms with Gasteiger partial charge in [0.1, 0.15) is 48.5 Å². The quantitative estimate of drug-likeness (QED) is 0.0145. The van der Waals surface area contributed by atoms with Crippen LogP contribution in [0, 0.1) is 84.9 Å². The number of carbonyl (C=O) groups is 11. The number of nitrogens with zero attached hydrogens (tertiary/aromatic N) is 4. The normalized spacial score (nSPS) is 13.2. The summed E-state index contributed by atoms with van der Waals surface area (Å²) < 4.78 is 22.8. The van der Waals surface area contributed by atoms with Gasteiger partial charge in [0.25, 0.3) is 0 Å². The van der Waals surface area contributed by atoms with Gasteiger partial charge in [-0.25, -0.2) is 9.97 Å². The second kappa shape index (κ2) is 73.4. The lowest BCUT2D eigenvalue weighted by atomic mass is 9.89. The second-order valence-corrected chi connectivity index (χ2v) is 41.3. The first-order valence-electron chi connectivity index (χ1n) is 52.3. The van der Waals surface area contributed by atoms with Gasteiger partial charge in [0.15, 0.2) is 34.6 Å². The van der Waals surface area contributed by atoms with Gasteiger partial charge in [0, 0.05) is 123 Å². The van der Waals surface area contributed by atoms with E-state index in [0.717, 1.165) is 213 Å². The fraction of sp³-hybridized carbons (Fsp3) is 0.718. The van der Waals surface area contributed by atoms with E-state index in [1.165, 1.54) is 6.92 Å². The van der Waals surface area contributed by atoms with Gasteiger partial charge in [-0.05, 0) is 233 Å². The lowest BCUT2D eigenvalue weighted by molar-refractivity contribution is -0.142. The first kappa shape index (κ1) is 127. The standard InChI is InChI=1S/C44H72N6O6.C22H33N5O3.C22H41NO4.C22H41NO3/c1-9-10-16-34(18-19-37(22-30(4)5)49-43(54)35(21-29(2)3)24-32(7)51)42(53)47-20-15-13-11-12-14-17-38(52)28-56-40-31(6)23-33(26-39(40)55-8)25-36-27-48-44(46)50-41(36)45;1-15-10-16(11-17-13-26-22(25)27-21(17)24)12-19(29-2)20(15)30-14-18(28)8-6-4-3-5-7-9-23;1-7-8-9-18(22(26)27)10-11-20(13-16(4)5)23-21(25)19(12-15(2)3)14-17(6)24;1-7-8-9-19(15-24)10-11-21(13-17(4)5)23-22(26)20(12-16(2)3)14-18(6)25/h23,26-27,29-30,34-35,37H,9-22,24-25,28H2,1-8H3,(H,47,53)(H,49,54)(H4,45,46,48,50);10,12-13H,3-9,11,14,23H2,1-2H3,(H4,24,25,26,27);15-16,18-20H,7-14H2,1-6H3,(H,23,25)(H,26,27);15-17,19-21H,7-14H2,1-6H3,(H,23,26)/t34-,35-,37-;;18-,19-,20-;19-,20-,21-/m1.11/s1. The van der Waals surface area contributed by atoms with Gasteiger partial charge in [0.05, 0.1) is 20.1 Å². The molecule has 0 aliphatic carbocycles. The number of hydrogen-bond donors (Lipinski definition) is 10. The Kier molecular flexibility index (Phi) is 67.3. The number of nitrogens with two attached hydrogens (primary N) is 5. The number of aromatic nitrogens is 4. The number of carboxylic acids is 1. The van der Waals surface area contributed by atoms with Crippen molar-refractivity contribution in [2.45, 2.75) is 401 Å². The fourth-order valence-electron chi connectivity index (χ4n) is 17.5. The average molecular weight is 1950 g/mol. The monoisotopic (exact) mass is 1950 g/mol. The van der Waals surface area contributed by atoms with Gasteiger partial charge in [-0.3, -0.25) is 33.6 Å². The number of unbranched alkanes of at least 4 members (excludes halogenated alkanes) is 11. The average Bonchev–Trinajstić information content (AvgIpc) is 0.822. The highest BCUT2D eigenvalue weighted by atomic mass is 16.5. The van der Waals surface area contributed by atoms with E-state index in [1.807, 2.05) is 38.1 Å². The Morgan fingerprint density at radius 3 is 1.08 bits per heavy atom. The molecule has 15 N–H and O–H groups in total. The molecule has 0 bridgehead atoms. The summed E-state index contributed by atoms with van der Waals surface area (Å²) in [5.74, 6) is 3.81. The summed E-state index contributed by atoms with van der Waals surface area (Å²) in [6, 6.07) is 7.71. The number of aryl methyl sites for hydroxylation is 2. The summed E-state index contributed by atoms with van der Waals surface area (Å²) in [4.78, 5) is 151. The molecule has 2 aromatic heterocycles. The first-order valence-corrected chi connectivity index (χ1v) is 52.3. The van der Waals surface area contributed by atoms with Crippen LogP contribution < -0.4 is 68.9 Å². The third kappa shape index (κ3) is 59.0. The minimum absolute atomic E-state index is 0.00392. The molecule has 139 heavy (non-hydrogen) atoms. The number of ketones is 5. The number of amides is 4. The maximum absolute atomic E-state index is 13.3. The summed E-state index contributed by atoms with van der Waals surface area (Å²) in [6.45, 7) is 41.4. The summed E-state index contributed by atoms with van der Waals surface area (Å²) in [7, 11) is 3.15. The number of Topliss-reactive ketones (excluding diaryl/α,β-unsaturated/α-hetero) is 5. The largest absolute Gasteiger partial charge is 0.493 e. The van der Waals surface area contributed by atoms with Gasteiger partial charge in [-0.15, -0.1) is 0 Å². The van der Waals surface area contributed by atoms with Crippen LogP contribution in [-0.4, -0.2) is 148 Å². The lowest BCUT2D eigenvalue weighted by Crippen LogP contribution is -2.41. The molecule has 0 fully saturated rings. The molecule has 0 aliphatic rings. The Hall–Kier alpha value is -9.67. The molecular formula is C110H187N13O16. The molecule has 0 saturated carbocycles. The van der Waals surface area contributed by atoms with Gasteiger partial charge >= 0.3 is 5.97 Å². The van der Waals surface area contributed by atoms with E-state index < -0.39 is 5.97 Å². The van der Waals surface area contributed by atoms with E-state index >= 15 is 0 Å². The Morgan fingerprint density at radius 1 is 0.410 bits per heavy atom. The highest BCUT2D eigenvalue weighted by Crippen LogP contribution is 2.37. The Labute approximate surface area is 835 Å². The molecule has 2 heterocycles. The topological polar surface area (TPSA) is 475 Å². The molecule has 2 aromatic carbocycles. The van der Waals surface area contributed by atoms with Gasteiger partial charge in [0.2, 0.25) is 35.5 Å². The van der Waals surface area contributed by atoms with E-state index in [-0.39, 0.29) is 144 Å². The Bertz CT molecular complexity index is 4230. The molecule has 29 nitrogen and oxygen atoms in total. The van der Waals surface area contributed by atoms with Crippen LogP contribution in [0.5, 0.6) is 23.0 Å². The van der Waals surface area contributed by atoms with Crippen molar-refractivity contribution in [2.75, 3.05) is 63.5 Å². The zero-order valence-electron chi connectivity index (χ0n) is 89.6. The van der Waals surface area contributed by atoms with Gasteiger partial charge in [-0.1, -0.05) is 193 Å². The smallest absolute Gasteiger partial charge is 0.306 e.